The fourth-order valence-electron chi connectivity index (χ4n) is 1.29. The van der Waals surface area contributed by atoms with Crippen molar-refractivity contribution >= 4 is 23.6 Å². The lowest BCUT2D eigenvalue weighted by atomic mass is 10.3. The molecule has 1 aromatic heterocycles. The lowest BCUT2D eigenvalue weighted by molar-refractivity contribution is -0.140. The zero-order valence-electron chi connectivity index (χ0n) is 10.1. The van der Waals surface area contributed by atoms with Gasteiger partial charge in [0.15, 0.2) is 11.8 Å². The van der Waals surface area contributed by atoms with Gasteiger partial charge in [0, 0.05) is 7.11 Å². The number of carboxylic acid groups (broad SMARTS) is 1. The van der Waals surface area contributed by atoms with Gasteiger partial charge in [-0.1, -0.05) is 0 Å². The number of carbonyl (C=O) groups excluding carboxylic acids is 1. The molecule has 7 heteroatoms. The van der Waals surface area contributed by atoms with Crippen LogP contribution in [0, 0.1) is 0 Å². The van der Waals surface area contributed by atoms with E-state index in [0.717, 1.165) is 0 Å². The summed E-state index contributed by atoms with van der Waals surface area (Å²) in [6.45, 7) is -0.0978. The second-order valence-corrected chi connectivity index (χ2v) is 4.38. The summed E-state index contributed by atoms with van der Waals surface area (Å²) >= 11 is 1.57. The standard InChI is InChI=1S/C11H15NO5S/c1-16-5-8(11(14)15)12-10(13)9-4-3-7(17-9)6-18-2/h3-4,8H,5-6H2,1-2H3,(H,12,13)(H,14,15). The number of aliphatic carboxylic acids is 1. The molecular weight excluding hydrogens is 258 g/mol. The molecule has 0 aliphatic carbocycles. The molecule has 0 aromatic carbocycles. The number of carboxylic acids is 1. The van der Waals surface area contributed by atoms with E-state index in [2.05, 4.69) is 5.32 Å². The van der Waals surface area contributed by atoms with Gasteiger partial charge >= 0.3 is 5.97 Å². The largest absolute Gasteiger partial charge is 0.480 e. The van der Waals surface area contributed by atoms with Gasteiger partial charge in [0.25, 0.3) is 5.91 Å². The Morgan fingerprint density at radius 1 is 1.56 bits per heavy atom. The highest BCUT2D eigenvalue weighted by atomic mass is 32.2. The highest BCUT2D eigenvalue weighted by molar-refractivity contribution is 7.97. The van der Waals surface area contributed by atoms with Gasteiger partial charge < -0.3 is 19.6 Å². The van der Waals surface area contributed by atoms with Crippen molar-refractivity contribution in [3.63, 3.8) is 0 Å². The van der Waals surface area contributed by atoms with Crippen molar-refractivity contribution < 1.29 is 23.8 Å². The first-order chi connectivity index (χ1) is 8.58. The van der Waals surface area contributed by atoms with Crippen LogP contribution in [-0.4, -0.2) is 43.0 Å². The summed E-state index contributed by atoms with van der Waals surface area (Å²) in [5.74, 6) is -0.283. The van der Waals surface area contributed by atoms with Crippen LogP contribution in [0.5, 0.6) is 0 Å². The molecular formula is C11H15NO5S. The van der Waals surface area contributed by atoms with Crippen molar-refractivity contribution in [1.82, 2.24) is 5.32 Å². The summed E-state index contributed by atoms with van der Waals surface area (Å²) < 4.78 is 9.99. The number of nitrogens with one attached hydrogen (secondary N) is 1. The van der Waals surface area contributed by atoms with Crippen molar-refractivity contribution in [2.75, 3.05) is 20.0 Å². The topological polar surface area (TPSA) is 88.8 Å². The molecule has 1 amide bonds. The van der Waals surface area contributed by atoms with E-state index in [-0.39, 0.29) is 12.4 Å². The molecule has 1 heterocycles. The molecule has 0 spiro atoms. The zero-order chi connectivity index (χ0) is 13.5. The Kier molecular flexibility index (Phi) is 5.73. The summed E-state index contributed by atoms with van der Waals surface area (Å²) in [5.41, 5.74) is 0. The molecule has 1 atom stereocenters. The number of furan rings is 1. The van der Waals surface area contributed by atoms with Crippen LogP contribution in [0.25, 0.3) is 0 Å². The van der Waals surface area contributed by atoms with Crippen LogP contribution in [0.15, 0.2) is 16.5 Å². The van der Waals surface area contributed by atoms with Gasteiger partial charge in [-0.05, 0) is 18.4 Å². The maximum Gasteiger partial charge on any atom is 0.328 e. The summed E-state index contributed by atoms with van der Waals surface area (Å²) in [6.07, 6.45) is 1.92. The summed E-state index contributed by atoms with van der Waals surface area (Å²) in [7, 11) is 1.37. The average molecular weight is 273 g/mol. The van der Waals surface area contributed by atoms with Crippen LogP contribution in [0.4, 0.5) is 0 Å². The molecule has 1 rings (SSSR count). The molecule has 1 aromatic rings. The normalized spacial score (nSPS) is 12.1. The minimum Gasteiger partial charge on any atom is -0.480 e. The predicted molar refractivity (Wildman–Crippen MR) is 66.7 cm³/mol. The molecule has 0 aliphatic heterocycles. The second kappa shape index (κ2) is 7.07. The SMILES string of the molecule is COCC(NC(=O)c1ccc(CSC)o1)C(=O)O. The fourth-order valence-corrected chi connectivity index (χ4v) is 1.73. The van der Waals surface area contributed by atoms with Crippen molar-refractivity contribution in [2.24, 2.45) is 0 Å². The van der Waals surface area contributed by atoms with Crippen molar-refractivity contribution in [3.8, 4) is 0 Å². The monoisotopic (exact) mass is 273 g/mol. The Bertz CT molecular complexity index is 417. The minimum atomic E-state index is -1.15. The molecule has 2 N–H and O–H groups in total. The number of hydrogen-bond acceptors (Lipinski definition) is 5. The van der Waals surface area contributed by atoms with E-state index < -0.39 is 17.9 Å². The first-order valence-electron chi connectivity index (χ1n) is 5.18. The summed E-state index contributed by atoms with van der Waals surface area (Å²) in [5, 5.41) is 11.2. The Hall–Kier alpha value is -1.47. The number of ether oxygens (including phenoxy) is 1. The van der Waals surface area contributed by atoms with E-state index in [0.29, 0.717) is 11.5 Å². The first kappa shape index (κ1) is 14.6. The number of rotatable bonds is 7. The lowest BCUT2D eigenvalue weighted by Crippen LogP contribution is -2.43. The smallest absolute Gasteiger partial charge is 0.328 e. The van der Waals surface area contributed by atoms with Gasteiger partial charge in [-0.3, -0.25) is 4.79 Å². The van der Waals surface area contributed by atoms with Gasteiger partial charge in [0.2, 0.25) is 0 Å². The van der Waals surface area contributed by atoms with Gasteiger partial charge in [-0.25, -0.2) is 4.79 Å². The molecule has 0 saturated heterocycles. The fraction of sp³-hybridized carbons (Fsp3) is 0.455. The van der Waals surface area contributed by atoms with Crippen LogP contribution in [0.3, 0.4) is 0 Å². The number of carbonyl (C=O) groups is 2. The van der Waals surface area contributed by atoms with Crippen molar-refractivity contribution in [1.29, 1.82) is 0 Å². The van der Waals surface area contributed by atoms with E-state index >= 15 is 0 Å². The van der Waals surface area contributed by atoms with Crippen LogP contribution in [0.1, 0.15) is 16.3 Å². The molecule has 1 unspecified atom stereocenters. The minimum absolute atomic E-state index is 0.0978. The summed E-state index contributed by atoms with van der Waals surface area (Å²) in [6, 6.07) is 2.13. The highest BCUT2D eigenvalue weighted by Crippen LogP contribution is 2.13. The molecule has 0 fully saturated rings. The third-order valence-corrected chi connectivity index (χ3v) is 2.68. The van der Waals surface area contributed by atoms with E-state index in [1.54, 1.807) is 17.8 Å². The molecule has 18 heavy (non-hydrogen) atoms. The molecule has 100 valence electrons. The van der Waals surface area contributed by atoms with Crippen LogP contribution < -0.4 is 5.32 Å². The highest BCUT2D eigenvalue weighted by Gasteiger charge is 2.22. The van der Waals surface area contributed by atoms with Gasteiger partial charge in [-0.2, -0.15) is 11.8 Å². The molecule has 6 nitrogen and oxygen atoms in total. The van der Waals surface area contributed by atoms with Crippen molar-refractivity contribution in [3.05, 3.63) is 23.7 Å². The molecule has 0 radical (unpaired) electrons. The number of hydrogen-bond donors (Lipinski definition) is 2. The number of thioether (sulfide) groups is 1. The van der Waals surface area contributed by atoms with E-state index in [4.69, 9.17) is 14.3 Å². The quantitative estimate of drug-likeness (QED) is 0.769. The Morgan fingerprint density at radius 2 is 2.28 bits per heavy atom. The zero-order valence-corrected chi connectivity index (χ0v) is 11.0. The third-order valence-electron chi connectivity index (χ3n) is 2.11. The van der Waals surface area contributed by atoms with E-state index in [9.17, 15) is 9.59 Å². The summed E-state index contributed by atoms with van der Waals surface area (Å²) in [4.78, 5) is 22.6. The Labute approximate surface area is 109 Å². The van der Waals surface area contributed by atoms with E-state index in [1.807, 2.05) is 6.26 Å². The van der Waals surface area contributed by atoms with Gasteiger partial charge in [0.05, 0.1) is 12.4 Å². The van der Waals surface area contributed by atoms with Gasteiger partial charge in [-0.15, -0.1) is 0 Å². The average Bonchev–Trinajstić information content (AvgIpc) is 2.77. The molecule has 0 saturated carbocycles. The van der Waals surface area contributed by atoms with Crippen LogP contribution >= 0.6 is 11.8 Å². The predicted octanol–water partition coefficient (Wildman–Crippen LogP) is 0.972. The maximum absolute atomic E-state index is 11.7. The van der Waals surface area contributed by atoms with Gasteiger partial charge in [0.1, 0.15) is 5.76 Å². The number of amides is 1. The third kappa shape index (κ3) is 4.08. The van der Waals surface area contributed by atoms with Crippen molar-refractivity contribution in [2.45, 2.75) is 11.8 Å². The van der Waals surface area contributed by atoms with E-state index in [1.165, 1.54) is 13.2 Å². The lowest BCUT2D eigenvalue weighted by Gasteiger charge is -2.12. The Balaban J connectivity index is 2.64. The second-order valence-electron chi connectivity index (χ2n) is 3.52. The molecule has 0 aliphatic rings. The number of methoxy groups -OCH3 is 1. The maximum atomic E-state index is 11.7. The van der Waals surface area contributed by atoms with Crippen LogP contribution in [0.2, 0.25) is 0 Å². The molecule has 0 bridgehead atoms. The van der Waals surface area contributed by atoms with Crippen LogP contribution in [-0.2, 0) is 15.3 Å². The Morgan fingerprint density at radius 3 is 2.83 bits per heavy atom. The first-order valence-corrected chi connectivity index (χ1v) is 6.58.